The topological polar surface area (TPSA) is 38.9 Å². The van der Waals surface area contributed by atoms with Crippen LogP contribution in [0.15, 0.2) is 223 Å². The van der Waals surface area contributed by atoms with Gasteiger partial charge in [-0.3, -0.25) is 0 Å². The molecule has 0 saturated carbocycles. The second-order valence-corrected chi connectivity index (χ2v) is 15.6. The number of fused-ring (bicyclic) bond motifs is 7. The Morgan fingerprint density at radius 1 is 0.311 bits per heavy atom. The maximum absolute atomic E-state index is 6.45. The Kier molecular flexibility index (Phi) is 8.17. The van der Waals surface area contributed by atoms with E-state index in [9.17, 15) is 0 Å². The highest BCUT2D eigenvalue weighted by molar-refractivity contribution is 6.28. The first-order valence-electron chi connectivity index (χ1n) is 20.7. The summed E-state index contributed by atoms with van der Waals surface area (Å²) in [6.45, 7) is 0. The first-order valence-corrected chi connectivity index (χ1v) is 20.7. The van der Waals surface area contributed by atoms with Gasteiger partial charge in [0.2, 0.25) is 0 Å². The molecule has 12 rings (SSSR count). The number of hydrogen-bond acceptors (Lipinski definition) is 3. The van der Waals surface area contributed by atoms with E-state index in [4.69, 9.17) is 14.4 Å². The second-order valence-electron chi connectivity index (χ2n) is 15.6. The fourth-order valence-corrected chi connectivity index (χ4v) is 9.25. The van der Waals surface area contributed by atoms with E-state index in [0.717, 1.165) is 66.7 Å². The first kappa shape index (κ1) is 34.9. The van der Waals surface area contributed by atoms with Gasteiger partial charge in [0.25, 0.3) is 0 Å². The van der Waals surface area contributed by atoms with Crippen LogP contribution >= 0.6 is 0 Å². The quantitative estimate of drug-likeness (QED) is 0.125. The van der Waals surface area contributed by atoms with Gasteiger partial charge in [0.15, 0.2) is 5.82 Å². The van der Waals surface area contributed by atoms with Crippen molar-refractivity contribution in [1.82, 2.24) is 9.97 Å². The van der Waals surface area contributed by atoms with Crippen LogP contribution in [0.4, 0.5) is 0 Å². The lowest BCUT2D eigenvalue weighted by molar-refractivity contribution is 0.670. The Bertz CT molecular complexity index is 3630. The zero-order valence-corrected chi connectivity index (χ0v) is 33.1. The zero-order chi connectivity index (χ0) is 40.3. The third-order valence-electron chi connectivity index (χ3n) is 12.1. The Morgan fingerprint density at radius 3 is 1.66 bits per heavy atom. The molecule has 3 nitrogen and oxygen atoms in total. The van der Waals surface area contributed by atoms with E-state index in [1.165, 1.54) is 49.0 Å². The number of hydrogen-bond donors (Lipinski definition) is 0. The Hall–Kier alpha value is -8.14. The average Bonchev–Trinajstić information content (AvgIpc) is 3.73. The van der Waals surface area contributed by atoms with Gasteiger partial charge in [0.05, 0.1) is 11.4 Å². The minimum atomic E-state index is 0.683. The van der Waals surface area contributed by atoms with Crippen LogP contribution in [0.5, 0.6) is 0 Å². The Balaban J connectivity index is 1.01. The van der Waals surface area contributed by atoms with Gasteiger partial charge in [0.1, 0.15) is 11.2 Å². The molecule has 12 aromatic rings. The van der Waals surface area contributed by atoms with Gasteiger partial charge in [-0.05, 0) is 78.3 Å². The molecule has 0 aliphatic heterocycles. The molecule has 0 spiro atoms. The molecule has 0 N–H and O–H groups in total. The molecule has 0 amide bonds. The van der Waals surface area contributed by atoms with Crippen molar-refractivity contribution in [2.75, 3.05) is 0 Å². The van der Waals surface area contributed by atoms with Crippen LogP contribution in [0.25, 0.3) is 122 Å². The molecular weight excluding hydrogens is 741 g/mol. The highest BCUT2D eigenvalue weighted by Gasteiger charge is 2.20. The van der Waals surface area contributed by atoms with Crippen LogP contribution in [0.3, 0.4) is 0 Å². The van der Waals surface area contributed by atoms with E-state index in [0.29, 0.717) is 5.82 Å². The molecule has 2 aromatic heterocycles. The monoisotopic (exact) mass is 776 g/mol. The van der Waals surface area contributed by atoms with Crippen molar-refractivity contribution < 1.29 is 4.42 Å². The van der Waals surface area contributed by atoms with E-state index < -0.39 is 0 Å². The van der Waals surface area contributed by atoms with Gasteiger partial charge in [0, 0.05) is 33.0 Å². The standard InChI is InChI=1S/C58H36N2O/c1-3-16-39(17-4-1)55-48-25-10-9-24-47(48)54(50-34-33-37-15-7-8-22-44(37)56(50)55)40-31-29-38(30-32-40)51-36-52(60-58(59-51)41-18-5-2-6-19-41)43-21-13-20-42(35-43)45-26-14-27-49-46-23-11-12-28-53(46)61-57(45)49/h1-36H. The second kappa shape index (κ2) is 14.3. The lowest BCUT2D eigenvalue weighted by Crippen LogP contribution is -1.96. The highest BCUT2D eigenvalue weighted by Crippen LogP contribution is 2.46. The predicted molar refractivity (Wildman–Crippen MR) is 254 cm³/mol. The van der Waals surface area contributed by atoms with Gasteiger partial charge >= 0.3 is 0 Å². The molecular formula is C58H36N2O. The predicted octanol–water partition coefficient (Wildman–Crippen LogP) is 15.8. The molecule has 284 valence electrons. The van der Waals surface area contributed by atoms with Gasteiger partial charge in [-0.2, -0.15) is 0 Å². The SMILES string of the molecule is c1ccc(-c2nc(-c3ccc(-c4c5ccccc5c(-c5ccccc5)c5c4ccc4ccccc45)cc3)cc(-c3cccc(-c4cccc5c4oc4ccccc45)c3)n2)cc1. The molecule has 0 unspecified atom stereocenters. The molecule has 0 bridgehead atoms. The van der Waals surface area contributed by atoms with Crippen molar-refractivity contribution in [2.45, 2.75) is 0 Å². The molecule has 0 radical (unpaired) electrons. The number of benzene rings is 10. The number of para-hydroxylation sites is 2. The smallest absolute Gasteiger partial charge is 0.160 e. The van der Waals surface area contributed by atoms with Gasteiger partial charge in [-0.25, -0.2) is 9.97 Å². The van der Waals surface area contributed by atoms with E-state index >= 15 is 0 Å². The van der Waals surface area contributed by atoms with Crippen LogP contribution in [-0.2, 0) is 0 Å². The van der Waals surface area contributed by atoms with Crippen molar-refractivity contribution >= 4 is 54.3 Å². The summed E-state index contributed by atoms with van der Waals surface area (Å²) in [5, 5.41) is 9.69. The van der Waals surface area contributed by atoms with E-state index in [1.807, 2.05) is 30.3 Å². The number of aromatic nitrogens is 2. The molecule has 61 heavy (non-hydrogen) atoms. The third-order valence-corrected chi connectivity index (χ3v) is 12.1. The minimum Gasteiger partial charge on any atom is -0.455 e. The maximum atomic E-state index is 6.45. The Labute approximate surface area is 352 Å². The van der Waals surface area contributed by atoms with Crippen molar-refractivity contribution in [3.05, 3.63) is 218 Å². The van der Waals surface area contributed by atoms with Gasteiger partial charge in [-0.1, -0.05) is 200 Å². The summed E-state index contributed by atoms with van der Waals surface area (Å²) in [7, 11) is 0. The molecule has 3 heteroatoms. The first-order chi connectivity index (χ1) is 30.2. The summed E-state index contributed by atoms with van der Waals surface area (Å²) < 4.78 is 6.45. The molecule has 0 aliphatic carbocycles. The summed E-state index contributed by atoms with van der Waals surface area (Å²) in [5.74, 6) is 0.683. The molecule has 10 aromatic carbocycles. The molecule has 2 heterocycles. The lowest BCUT2D eigenvalue weighted by Gasteiger charge is -2.19. The minimum absolute atomic E-state index is 0.683. The highest BCUT2D eigenvalue weighted by atomic mass is 16.3. The maximum Gasteiger partial charge on any atom is 0.160 e. The molecule has 0 fully saturated rings. The number of rotatable bonds is 6. The van der Waals surface area contributed by atoms with Crippen LogP contribution in [0, 0.1) is 0 Å². The van der Waals surface area contributed by atoms with E-state index in [-0.39, 0.29) is 0 Å². The van der Waals surface area contributed by atoms with Gasteiger partial charge < -0.3 is 4.42 Å². The molecule has 0 atom stereocenters. The van der Waals surface area contributed by atoms with Crippen molar-refractivity contribution in [3.8, 4) is 67.3 Å². The van der Waals surface area contributed by atoms with Crippen LogP contribution in [-0.4, -0.2) is 9.97 Å². The summed E-state index contributed by atoms with van der Waals surface area (Å²) in [5.41, 5.74) is 13.5. The van der Waals surface area contributed by atoms with Crippen molar-refractivity contribution in [3.63, 3.8) is 0 Å². The van der Waals surface area contributed by atoms with E-state index in [2.05, 4.69) is 188 Å². The normalized spacial score (nSPS) is 11.6. The van der Waals surface area contributed by atoms with Gasteiger partial charge in [-0.15, -0.1) is 0 Å². The zero-order valence-electron chi connectivity index (χ0n) is 33.1. The van der Waals surface area contributed by atoms with Crippen molar-refractivity contribution in [2.24, 2.45) is 0 Å². The summed E-state index contributed by atoms with van der Waals surface area (Å²) in [4.78, 5) is 10.4. The molecule has 0 aliphatic rings. The average molecular weight is 777 g/mol. The Morgan fingerprint density at radius 2 is 0.869 bits per heavy atom. The molecule has 0 saturated heterocycles. The van der Waals surface area contributed by atoms with Crippen molar-refractivity contribution in [1.29, 1.82) is 0 Å². The van der Waals surface area contributed by atoms with E-state index in [1.54, 1.807) is 0 Å². The lowest BCUT2D eigenvalue weighted by atomic mass is 9.84. The van der Waals surface area contributed by atoms with Crippen LogP contribution in [0.2, 0.25) is 0 Å². The largest absolute Gasteiger partial charge is 0.455 e. The fraction of sp³-hybridized carbons (Fsp3) is 0. The fourth-order valence-electron chi connectivity index (χ4n) is 9.25. The van der Waals surface area contributed by atoms with Crippen LogP contribution < -0.4 is 0 Å². The summed E-state index contributed by atoms with van der Waals surface area (Å²) in [6.07, 6.45) is 0. The summed E-state index contributed by atoms with van der Waals surface area (Å²) in [6, 6.07) is 77.5. The number of furan rings is 1. The summed E-state index contributed by atoms with van der Waals surface area (Å²) >= 11 is 0. The third kappa shape index (κ3) is 5.90. The number of nitrogens with zero attached hydrogens (tertiary/aromatic N) is 2. The van der Waals surface area contributed by atoms with Crippen LogP contribution in [0.1, 0.15) is 0 Å².